The Morgan fingerprint density at radius 1 is 1.04 bits per heavy atom. The number of hydrogen-bond acceptors (Lipinski definition) is 5. The molecule has 0 radical (unpaired) electrons. The summed E-state index contributed by atoms with van der Waals surface area (Å²) in [5.74, 6) is -0.637. The van der Waals surface area contributed by atoms with Crippen molar-refractivity contribution in [3.05, 3.63) is 59.7 Å². The van der Waals surface area contributed by atoms with Gasteiger partial charge in [0.2, 0.25) is 15.9 Å². The lowest BCUT2D eigenvalue weighted by atomic mass is 10.1. The van der Waals surface area contributed by atoms with Crippen molar-refractivity contribution in [3.8, 4) is 0 Å². The number of primary sulfonamides is 1. The lowest BCUT2D eigenvalue weighted by molar-refractivity contribution is -0.116. The maximum absolute atomic E-state index is 12.0. The van der Waals surface area contributed by atoms with Crippen LogP contribution in [0.2, 0.25) is 0 Å². The molecule has 0 aliphatic heterocycles. The highest BCUT2D eigenvalue weighted by molar-refractivity contribution is 7.89. The van der Waals surface area contributed by atoms with E-state index in [1.807, 2.05) is 0 Å². The van der Waals surface area contributed by atoms with Crippen LogP contribution in [0.5, 0.6) is 0 Å². The normalized spacial score (nSPS) is 11.0. The molecule has 2 aromatic rings. The number of benzene rings is 2. The number of sulfonamides is 1. The first-order valence-corrected chi connectivity index (χ1v) is 8.94. The number of nitrogens with two attached hydrogens (primary N) is 1. The number of hydrogen-bond donors (Lipinski definition) is 2. The van der Waals surface area contributed by atoms with Crippen LogP contribution in [0.25, 0.3) is 0 Å². The second kappa shape index (κ2) is 7.91. The van der Waals surface area contributed by atoms with Crippen LogP contribution in [0.3, 0.4) is 0 Å². The first-order chi connectivity index (χ1) is 11.8. The molecular weight excluding hydrogens is 344 g/mol. The van der Waals surface area contributed by atoms with Crippen molar-refractivity contribution < 1.29 is 22.7 Å². The predicted octanol–water partition coefficient (Wildman–Crippen LogP) is 1.69. The molecule has 1 amide bonds. The number of rotatable bonds is 6. The molecule has 0 saturated carbocycles. The molecule has 7 nitrogen and oxygen atoms in total. The first-order valence-electron chi connectivity index (χ1n) is 7.39. The zero-order valence-electron chi connectivity index (χ0n) is 13.6. The number of aryl methyl sites for hydroxylation is 1. The molecule has 0 spiro atoms. The molecule has 0 aromatic heterocycles. The van der Waals surface area contributed by atoms with Crippen LogP contribution in [0.1, 0.15) is 22.3 Å². The Morgan fingerprint density at radius 3 is 2.16 bits per heavy atom. The van der Waals surface area contributed by atoms with Gasteiger partial charge in [-0.1, -0.05) is 12.1 Å². The largest absolute Gasteiger partial charge is 0.465 e. The smallest absolute Gasteiger partial charge is 0.337 e. The third-order valence-corrected chi connectivity index (χ3v) is 4.41. The molecule has 2 aromatic carbocycles. The van der Waals surface area contributed by atoms with E-state index in [2.05, 4.69) is 10.1 Å². The van der Waals surface area contributed by atoms with E-state index in [0.29, 0.717) is 17.7 Å². The van der Waals surface area contributed by atoms with E-state index in [9.17, 15) is 18.0 Å². The maximum atomic E-state index is 12.0. The zero-order valence-corrected chi connectivity index (χ0v) is 14.4. The van der Waals surface area contributed by atoms with E-state index in [0.717, 1.165) is 5.56 Å². The van der Waals surface area contributed by atoms with Gasteiger partial charge in [0.1, 0.15) is 0 Å². The van der Waals surface area contributed by atoms with Crippen molar-refractivity contribution in [2.24, 2.45) is 5.14 Å². The summed E-state index contributed by atoms with van der Waals surface area (Å²) < 4.78 is 27.0. The second-order valence-electron chi connectivity index (χ2n) is 5.31. The van der Waals surface area contributed by atoms with Crippen molar-refractivity contribution in [2.75, 3.05) is 12.4 Å². The highest BCUT2D eigenvalue weighted by atomic mass is 32.2. The molecule has 25 heavy (non-hydrogen) atoms. The average Bonchev–Trinajstić information content (AvgIpc) is 2.59. The van der Waals surface area contributed by atoms with Crippen LogP contribution < -0.4 is 10.5 Å². The third kappa shape index (κ3) is 5.40. The fourth-order valence-corrected chi connectivity index (χ4v) is 2.65. The van der Waals surface area contributed by atoms with Crippen molar-refractivity contribution in [1.29, 1.82) is 0 Å². The molecule has 0 aliphatic carbocycles. The molecule has 0 fully saturated rings. The summed E-state index contributed by atoms with van der Waals surface area (Å²) in [6.07, 6.45) is 0.685. The maximum Gasteiger partial charge on any atom is 0.337 e. The highest BCUT2D eigenvalue weighted by Gasteiger charge is 2.09. The van der Waals surface area contributed by atoms with Gasteiger partial charge in [0.25, 0.3) is 0 Å². The minimum Gasteiger partial charge on any atom is -0.465 e. The summed E-state index contributed by atoms with van der Waals surface area (Å²) in [6.45, 7) is 0. The number of carbonyl (C=O) groups excluding carboxylic acids is 2. The molecule has 0 unspecified atom stereocenters. The van der Waals surface area contributed by atoms with Gasteiger partial charge in [0.05, 0.1) is 17.6 Å². The number of anilines is 1. The Labute approximate surface area is 145 Å². The van der Waals surface area contributed by atoms with E-state index in [4.69, 9.17) is 5.14 Å². The number of ether oxygens (including phenoxy) is 1. The molecule has 132 valence electrons. The number of esters is 1. The molecule has 0 saturated heterocycles. The van der Waals surface area contributed by atoms with Gasteiger partial charge in [-0.05, 0) is 48.4 Å². The number of amides is 1. The predicted molar refractivity (Wildman–Crippen MR) is 92.5 cm³/mol. The number of nitrogens with one attached hydrogen (secondary N) is 1. The van der Waals surface area contributed by atoms with E-state index in [1.54, 1.807) is 36.4 Å². The van der Waals surface area contributed by atoms with Gasteiger partial charge in [-0.25, -0.2) is 18.4 Å². The summed E-state index contributed by atoms with van der Waals surface area (Å²) in [6, 6.07) is 12.4. The average molecular weight is 362 g/mol. The highest BCUT2D eigenvalue weighted by Crippen LogP contribution is 2.13. The zero-order chi connectivity index (χ0) is 18.4. The lowest BCUT2D eigenvalue weighted by Crippen LogP contribution is -2.13. The van der Waals surface area contributed by atoms with Gasteiger partial charge >= 0.3 is 5.97 Å². The van der Waals surface area contributed by atoms with Crippen molar-refractivity contribution >= 4 is 27.6 Å². The summed E-state index contributed by atoms with van der Waals surface area (Å²) in [5.41, 5.74) is 1.79. The summed E-state index contributed by atoms with van der Waals surface area (Å²) >= 11 is 0. The first kappa shape index (κ1) is 18.6. The molecule has 2 rings (SSSR count). The standard InChI is InChI=1S/C17H18N2O5S/c1-24-17(21)13-5-7-14(8-6-13)19-16(20)11-4-12-2-9-15(10-3-12)25(18,22)23/h2-3,5-10H,4,11H2,1H3,(H,19,20)(H2,18,22,23). The minimum absolute atomic E-state index is 0.0337. The van der Waals surface area contributed by atoms with E-state index >= 15 is 0 Å². The van der Waals surface area contributed by atoms with Gasteiger partial charge in [0, 0.05) is 12.1 Å². The molecule has 8 heteroatoms. The topological polar surface area (TPSA) is 116 Å². The Morgan fingerprint density at radius 2 is 1.64 bits per heavy atom. The number of carbonyl (C=O) groups is 2. The van der Waals surface area contributed by atoms with Crippen LogP contribution in [-0.4, -0.2) is 27.4 Å². The van der Waals surface area contributed by atoms with Gasteiger partial charge in [-0.3, -0.25) is 4.79 Å². The summed E-state index contributed by atoms with van der Waals surface area (Å²) in [5, 5.41) is 7.76. The summed E-state index contributed by atoms with van der Waals surface area (Å²) in [4.78, 5) is 23.3. The monoisotopic (exact) mass is 362 g/mol. The minimum atomic E-state index is -3.72. The van der Waals surface area contributed by atoms with Crippen LogP contribution in [0, 0.1) is 0 Å². The molecule has 0 bridgehead atoms. The lowest BCUT2D eigenvalue weighted by Gasteiger charge is -2.07. The Balaban J connectivity index is 1.89. The van der Waals surface area contributed by atoms with Crippen LogP contribution >= 0.6 is 0 Å². The van der Waals surface area contributed by atoms with Gasteiger partial charge in [0.15, 0.2) is 0 Å². The van der Waals surface area contributed by atoms with Crippen LogP contribution in [0.4, 0.5) is 5.69 Å². The molecule has 0 aliphatic rings. The fraction of sp³-hybridized carbons (Fsp3) is 0.176. The summed E-state index contributed by atoms with van der Waals surface area (Å²) in [7, 11) is -2.42. The Bertz CT molecular complexity index is 859. The van der Waals surface area contributed by atoms with Crippen molar-refractivity contribution in [3.63, 3.8) is 0 Å². The molecular formula is C17H18N2O5S. The molecule has 0 atom stereocenters. The van der Waals surface area contributed by atoms with E-state index in [1.165, 1.54) is 19.2 Å². The van der Waals surface area contributed by atoms with Crippen LogP contribution in [0.15, 0.2) is 53.4 Å². The Kier molecular flexibility index (Phi) is 5.89. The molecule has 0 heterocycles. The van der Waals surface area contributed by atoms with Gasteiger partial charge < -0.3 is 10.1 Å². The van der Waals surface area contributed by atoms with Crippen LogP contribution in [-0.2, 0) is 26.0 Å². The van der Waals surface area contributed by atoms with Gasteiger partial charge in [-0.15, -0.1) is 0 Å². The third-order valence-electron chi connectivity index (χ3n) is 3.48. The Hall–Kier alpha value is -2.71. The van der Waals surface area contributed by atoms with Crippen molar-refractivity contribution in [1.82, 2.24) is 0 Å². The quantitative estimate of drug-likeness (QED) is 0.759. The van der Waals surface area contributed by atoms with E-state index < -0.39 is 16.0 Å². The fourth-order valence-electron chi connectivity index (χ4n) is 2.13. The number of methoxy groups -OCH3 is 1. The van der Waals surface area contributed by atoms with E-state index in [-0.39, 0.29) is 17.2 Å². The second-order valence-corrected chi connectivity index (χ2v) is 6.87. The molecule has 3 N–H and O–H groups in total. The SMILES string of the molecule is COC(=O)c1ccc(NC(=O)CCc2ccc(S(N)(=O)=O)cc2)cc1. The van der Waals surface area contributed by atoms with Gasteiger partial charge in [-0.2, -0.15) is 0 Å². The van der Waals surface area contributed by atoms with Crippen molar-refractivity contribution in [2.45, 2.75) is 17.7 Å².